The molecule has 0 nitrogen and oxygen atoms in total. The SMILES string of the molecule is Fc1cc(Br)c(Cl)cc1C(Cl)C(F)(F)F. The lowest BCUT2D eigenvalue weighted by atomic mass is 10.1. The number of benzene rings is 1. The van der Waals surface area contributed by atoms with Crippen LogP contribution in [0.1, 0.15) is 10.9 Å². The first-order valence-corrected chi connectivity index (χ1v) is 5.19. The molecule has 0 aliphatic rings. The Morgan fingerprint density at radius 3 is 2.27 bits per heavy atom. The summed E-state index contributed by atoms with van der Waals surface area (Å²) in [6.45, 7) is 0. The molecule has 1 atom stereocenters. The Labute approximate surface area is 101 Å². The van der Waals surface area contributed by atoms with Crippen molar-refractivity contribution < 1.29 is 17.6 Å². The third-order valence-corrected chi connectivity index (χ3v) is 3.28. The van der Waals surface area contributed by atoms with Gasteiger partial charge in [0.05, 0.1) is 5.02 Å². The van der Waals surface area contributed by atoms with Gasteiger partial charge in [0.15, 0.2) is 5.38 Å². The van der Waals surface area contributed by atoms with Crippen molar-refractivity contribution >= 4 is 39.1 Å². The molecular weight excluding hydrogens is 323 g/mol. The van der Waals surface area contributed by atoms with Crippen molar-refractivity contribution in [3.8, 4) is 0 Å². The summed E-state index contributed by atoms with van der Waals surface area (Å²) < 4.78 is 49.9. The lowest BCUT2D eigenvalue weighted by Crippen LogP contribution is -2.16. The Bertz CT molecular complexity index is 378. The molecule has 1 unspecified atom stereocenters. The van der Waals surface area contributed by atoms with Crippen LogP contribution in [-0.2, 0) is 0 Å². The van der Waals surface area contributed by atoms with Gasteiger partial charge in [-0.05, 0) is 28.1 Å². The van der Waals surface area contributed by atoms with Crippen LogP contribution in [0.25, 0.3) is 0 Å². The molecule has 0 amide bonds. The zero-order chi connectivity index (χ0) is 11.8. The van der Waals surface area contributed by atoms with Gasteiger partial charge in [0.1, 0.15) is 5.82 Å². The zero-order valence-electron chi connectivity index (χ0n) is 6.88. The summed E-state index contributed by atoms with van der Waals surface area (Å²) in [7, 11) is 0. The highest BCUT2D eigenvalue weighted by atomic mass is 79.9. The second-order valence-corrected chi connectivity index (χ2v) is 4.39. The van der Waals surface area contributed by atoms with Crippen LogP contribution in [-0.4, -0.2) is 6.18 Å². The van der Waals surface area contributed by atoms with E-state index in [1.165, 1.54) is 0 Å². The third kappa shape index (κ3) is 2.98. The van der Waals surface area contributed by atoms with Gasteiger partial charge in [0, 0.05) is 10.0 Å². The summed E-state index contributed by atoms with van der Waals surface area (Å²) in [4.78, 5) is 0. The van der Waals surface area contributed by atoms with E-state index < -0.39 is 22.9 Å². The minimum Gasteiger partial charge on any atom is -0.207 e. The Morgan fingerprint density at radius 2 is 1.80 bits per heavy atom. The number of hydrogen-bond donors (Lipinski definition) is 0. The molecule has 0 spiro atoms. The number of alkyl halides is 4. The average molecular weight is 326 g/mol. The molecule has 15 heavy (non-hydrogen) atoms. The van der Waals surface area contributed by atoms with Crippen LogP contribution >= 0.6 is 39.1 Å². The molecule has 0 N–H and O–H groups in total. The van der Waals surface area contributed by atoms with Gasteiger partial charge < -0.3 is 0 Å². The first kappa shape index (κ1) is 13.1. The summed E-state index contributed by atoms with van der Waals surface area (Å²) >= 11 is 13.5. The highest BCUT2D eigenvalue weighted by Gasteiger charge is 2.41. The van der Waals surface area contributed by atoms with E-state index in [1.54, 1.807) is 0 Å². The molecule has 0 saturated carbocycles. The Morgan fingerprint density at radius 1 is 1.27 bits per heavy atom. The predicted octanol–water partition coefficient (Wildman–Crippen LogP) is 5.08. The normalized spacial score (nSPS) is 14.1. The van der Waals surface area contributed by atoms with E-state index in [1.807, 2.05) is 0 Å². The van der Waals surface area contributed by atoms with Gasteiger partial charge in [-0.3, -0.25) is 0 Å². The maximum absolute atomic E-state index is 13.1. The fourth-order valence-corrected chi connectivity index (χ4v) is 1.56. The molecule has 84 valence electrons. The summed E-state index contributed by atoms with van der Waals surface area (Å²) in [6.07, 6.45) is -4.71. The largest absolute Gasteiger partial charge is 0.409 e. The van der Waals surface area contributed by atoms with Crippen molar-refractivity contribution in [2.45, 2.75) is 11.6 Å². The van der Waals surface area contributed by atoms with Crippen LogP contribution in [0.4, 0.5) is 17.6 Å². The van der Waals surface area contributed by atoms with Crippen molar-refractivity contribution in [3.63, 3.8) is 0 Å². The van der Waals surface area contributed by atoms with Crippen molar-refractivity contribution in [1.29, 1.82) is 0 Å². The molecule has 0 saturated heterocycles. The van der Waals surface area contributed by atoms with E-state index in [4.69, 9.17) is 23.2 Å². The van der Waals surface area contributed by atoms with Crippen LogP contribution in [0.3, 0.4) is 0 Å². The summed E-state index contributed by atoms with van der Waals surface area (Å²) in [5.74, 6) is -1.05. The third-order valence-electron chi connectivity index (χ3n) is 1.60. The maximum Gasteiger partial charge on any atom is 0.409 e. The molecule has 0 bridgehead atoms. The van der Waals surface area contributed by atoms with Gasteiger partial charge >= 0.3 is 6.18 Å². The van der Waals surface area contributed by atoms with E-state index in [9.17, 15) is 17.6 Å². The van der Waals surface area contributed by atoms with Gasteiger partial charge in [-0.25, -0.2) is 4.39 Å². The molecule has 0 aliphatic heterocycles. The maximum atomic E-state index is 13.1. The van der Waals surface area contributed by atoms with E-state index in [-0.39, 0.29) is 9.50 Å². The predicted molar refractivity (Wildman–Crippen MR) is 53.8 cm³/mol. The minimum absolute atomic E-state index is 0.0266. The molecule has 0 heterocycles. The average Bonchev–Trinajstić information content (AvgIpc) is 2.08. The van der Waals surface area contributed by atoms with Crippen LogP contribution in [0.5, 0.6) is 0 Å². The quantitative estimate of drug-likeness (QED) is 0.383. The van der Waals surface area contributed by atoms with Crippen LogP contribution in [0.15, 0.2) is 16.6 Å². The number of hydrogen-bond acceptors (Lipinski definition) is 0. The Kier molecular flexibility index (Phi) is 3.90. The van der Waals surface area contributed by atoms with Gasteiger partial charge in [-0.1, -0.05) is 11.6 Å². The van der Waals surface area contributed by atoms with Crippen molar-refractivity contribution in [1.82, 2.24) is 0 Å². The second kappa shape index (κ2) is 4.47. The Hall–Kier alpha value is -0.000000000000000111. The fourth-order valence-electron chi connectivity index (χ4n) is 0.908. The van der Waals surface area contributed by atoms with Crippen LogP contribution in [0, 0.1) is 5.82 Å². The first-order chi connectivity index (χ1) is 6.73. The van der Waals surface area contributed by atoms with Crippen molar-refractivity contribution in [3.05, 3.63) is 33.0 Å². The lowest BCUT2D eigenvalue weighted by Gasteiger charge is -2.15. The molecule has 0 radical (unpaired) electrons. The highest BCUT2D eigenvalue weighted by Crippen LogP contribution is 2.41. The van der Waals surface area contributed by atoms with Gasteiger partial charge in [0.2, 0.25) is 0 Å². The van der Waals surface area contributed by atoms with Crippen LogP contribution in [0.2, 0.25) is 5.02 Å². The van der Waals surface area contributed by atoms with E-state index in [0.717, 1.165) is 12.1 Å². The summed E-state index contributed by atoms with van der Waals surface area (Å²) in [5.41, 5.74) is -0.683. The topological polar surface area (TPSA) is 0 Å². The van der Waals surface area contributed by atoms with Crippen molar-refractivity contribution in [2.24, 2.45) is 0 Å². The van der Waals surface area contributed by atoms with Gasteiger partial charge in [-0.2, -0.15) is 13.2 Å². The van der Waals surface area contributed by atoms with E-state index in [0.29, 0.717) is 0 Å². The summed E-state index contributed by atoms with van der Waals surface area (Å²) in [6, 6.07) is 1.70. The standard InChI is InChI=1S/C8H3BrCl2F4/c9-4-2-6(12)3(1-5(4)10)7(11)8(13,14)15/h1-2,7H. The summed E-state index contributed by atoms with van der Waals surface area (Å²) in [5, 5.41) is -2.43. The second-order valence-electron chi connectivity index (χ2n) is 2.69. The van der Waals surface area contributed by atoms with Gasteiger partial charge in [0.25, 0.3) is 0 Å². The van der Waals surface area contributed by atoms with Crippen LogP contribution < -0.4 is 0 Å². The molecule has 0 fully saturated rings. The first-order valence-electron chi connectivity index (χ1n) is 3.58. The molecule has 1 rings (SSSR count). The molecule has 1 aromatic rings. The van der Waals surface area contributed by atoms with E-state index >= 15 is 0 Å². The lowest BCUT2D eigenvalue weighted by molar-refractivity contribution is -0.132. The fraction of sp³-hybridized carbons (Fsp3) is 0.250. The van der Waals surface area contributed by atoms with E-state index in [2.05, 4.69) is 15.9 Å². The molecular formula is C8H3BrCl2F4. The van der Waals surface area contributed by atoms with Gasteiger partial charge in [-0.15, -0.1) is 11.6 Å². The monoisotopic (exact) mass is 324 g/mol. The smallest absolute Gasteiger partial charge is 0.207 e. The minimum atomic E-state index is -4.71. The van der Waals surface area contributed by atoms with Crippen molar-refractivity contribution in [2.75, 3.05) is 0 Å². The molecule has 1 aromatic carbocycles. The Balaban J connectivity index is 3.21. The zero-order valence-corrected chi connectivity index (χ0v) is 9.98. The molecule has 0 aromatic heterocycles. The highest BCUT2D eigenvalue weighted by molar-refractivity contribution is 9.10. The number of rotatable bonds is 1. The molecule has 0 aliphatic carbocycles. The molecule has 7 heteroatoms. The number of halogens is 7.